The molecule has 2 heteroatoms. The van der Waals surface area contributed by atoms with Crippen molar-refractivity contribution in [1.29, 1.82) is 0 Å². The summed E-state index contributed by atoms with van der Waals surface area (Å²) < 4.78 is 0. The van der Waals surface area contributed by atoms with E-state index in [2.05, 4.69) is 5.16 Å². The lowest BCUT2D eigenvalue weighted by molar-refractivity contribution is 0.157. The predicted molar refractivity (Wildman–Crippen MR) is 37.5 cm³/mol. The molecule has 0 radical (unpaired) electrons. The lowest BCUT2D eigenvalue weighted by Crippen LogP contribution is -1.94. The van der Waals surface area contributed by atoms with Crippen LogP contribution in [0.5, 0.6) is 0 Å². The first-order valence-corrected chi connectivity index (χ1v) is 3.51. The van der Waals surface area contributed by atoms with Crippen LogP contribution in [0.25, 0.3) is 0 Å². The highest BCUT2D eigenvalue weighted by Crippen LogP contribution is 2.30. The van der Waals surface area contributed by atoms with Crippen molar-refractivity contribution in [3.63, 3.8) is 0 Å². The second-order valence-corrected chi connectivity index (χ2v) is 2.42. The van der Waals surface area contributed by atoms with Crippen LogP contribution in [0.3, 0.4) is 0 Å². The summed E-state index contributed by atoms with van der Waals surface area (Å²) in [6, 6.07) is 0. The number of oxime groups is 1. The van der Waals surface area contributed by atoms with Crippen molar-refractivity contribution in [3.8, 4) is 0 Å². The Kier molecular flexibility index (Phi) is 2.09. The summed E-state index contributed by atoms with van der Waals surface area (Å²) in [5.74, 6) is 0.747. The van der Waals surface area contributed by atoms with Crippen LogP contribution in [-0.2, 0) is 4.84 Å². The van der Waals surface area contributed by atoms with E-state index in [4.69, 9.17) is 4.84 Å². The topological polar surface area (TPSA) is 21.6 Å². The summed E-state index contributed by atoms with van der Waals surface area (Å²) in [5.41, 5.74) is 1.16. The predicted octanol–water partition coefficient (Wildman–Crippen LogP) is 1.81. The molecule has 0 aromatic carbocycles. The van der Waals surface area contributed by atoms with Crippen LogP contribution in [0.2, 0.25) is 0 Å². The van der Waals surface area contributed by atoms with E-state index in [-0.39, 0.29) is 0 Å². The second kappa shape index (κ2) is 2.85. The minimum Gasteiger partial charge on any atom is -0.396 e. The number of rotatable bonds is 3. The van der Waals surface area contributed by atoms with E-state index < -0.39 is 0 Å². The summed E-state index contributed by atoms with van der Waals surface area (Å²) in [6.45, 7) is 4.67. The van der Waals surface area contributed by atoms with Gasteiger partial charge in [0.15, 0.2) is 0 Å². The molecule has 0 aliphatic heterocycles. The van der Waals surface area contributed by atoms with Gasteiger partial charge in [0.2, 0.25) is 0 Å². The third-order valence-electron chi connectivity index (χ3n) is 1.51. The molecule has 0 unspecified atom stereocenters. The molecule has 52 valence electrons. The maximum Gasteiger partial charge on any atom is 0.114 e. The van der Waals surface area contributed by atoms with E-state index in [1.165, 1.54) is 12.8 Å². The van der Waals surface area contributed by atoms with Crippen molar-refractivity contribution in [3.05, 3.63) is 0 Å². The molecule has 0 amide bonds. The van der Waals surface area contributed by atoms with E-state index >= 15 is 0 Å². The Bertz CT molecular complexity index is 116. The molecule has 9 heavy (non-hydrogen) atoms. The fourth-order valence-electron chi connectivity index (χ4n) is 0.742. The molecule has 0 spiro atoms. The lowest BCUT2D eigenvalue weighted by atomic mass is 10.3. The molecule has 0 aromatic rings. The molecule has 0 atom stereocenters. The number of hydrogen-bond acceptors (Lipinski definition) is 2. The van der Waals surface area contributed by atoms with Crippen molar-refractivity contribution >= 4 is 5.71 Å². The molecule has 0 heterocycles. The highest BCUT2D eigenvalue weighted by molar-refractivity contribution is 5.85. The summed E-state index contributed by atoms with van der Waals surface area (Å²) in [7, 11) is 0. The highest BCUT2D eigenvalue weighted by atomic mass is 16.6. The fraction of sp³-hybridized carbons (Fsp3) is 0.857. The molecular formula is C7H13NO. The van der Waals surface area contributed by atoms with E-state index in [1.54, 1.807) is 0 Å². The van der Waals surface area contributed by atoms with Crippen LogP contribution < -0.4 is 0 Å². The third kappa shape index (κ3) is 2.04. The molecule has 1 rings (SSSR count). The van der Waals surface area contributed by atoms with E-state index in [0.29, 0.717) is 6.61 Å². The Morgan fingerprint density at radius 1 is 1.67 bits per heavy atom. The average Bonchev–Trinajstić information content (AvgIpc) is 2.63. The van der Waals surface area contributed by atoms with Crippen LogP contribution in [0.4, 0.5) is 0 Å². The van der Waals surface area contributed by atoms with Crippen molar-refractivity contribution < 1.29 is 4.84 Å². The van der Waals surface area contributed by atoms with Crippen LogP contribution in [0, 0.1) is 5.92 Å². The normalized spacial score (nSPS) is 20.0. The molecule has 1 saturated carbocycles. The molecule has 0 aromatic heterocycles. The van der Waals surface area contributed by atoms with Gasteiger partial charge in [-0.1, -0.05) is 5.16 Å². The molecule has 0 N–H and O–H groups in total. The van der Waals surface area contributed by atoms with E-state index in [9.17, 15) is 0 Å². The Morgan fingerprint density at radius 3 is 2.78 bits per heavy atom. The molecule has 0 saturated heterocycles. The van der Waals surface area contributed by atoms with Crippen molar-refractivity contribution in [1.82, 2.24) is 0 Å². The monoisotopic (exact) mass is 127 g/mol. The van der Waals surface area contributed by atoms with Gasteiger partial charge in [-0.25, -0.2) is 0 Å². The van der Waals surface area contributed by atoms with Crippen molar-refractivity contribution in [2.45, 2.75) is 26.7 Å². The van der Waals surface area contributed by atoms with Gasteiger partial charge in [0.25, 0.3) is 0 Å². The maximum absolute atomic E-state index is 4.88. The van der Waals surface area contributed by atoms with Gasteiger partial charge >= 0.3 is 0 Å². The first-order chi connectivity index (χ1) is 4.34. The summed E-state index contributed by atoms with van der Waals surface area (Å²) >= 11 is 0. The van der Waals surface area contributed by atoms with Gasteiger partial charge in [-0.3, -0.25) is 0 Å². The maximum atomic E-state index is 4.88. The zero-order valence-corrected chi connectivity index (χ0v) is 6.05. The smallest absolute Gasteiger partial charge is 0.114 e. The van der Waals surface area contributed by atoms with Crippen LogP contribution in [0.1, 0.15) is 26.7 Å². The highest BCUT2D eigenvalue weighted by Gasteiger charge is 2.24. The van der Waals surface area contributed by atoms with Gasteiger partial charge in [0.1, 0.15) is 6.61 Å². The summed E-state index contributed by atoms with van der Waals surface area (Å²) in [4.78, 5) is 4.88. The largest absolute Gasteiger partial charge is 0.396 e. The van der Waals surface area contributed by atoms with Gasteiger partial charge < -0.3 is 4.84 Å². The fourth-order valence-corrected chi connectivity index (χ4v) is 0.742. The minimum atomic E-state index is 0.685. The Hall–Kier alpha value is -0.530. The Balaban J connectivity index is 2.20. The standard InChI is InChI=1S/C7H13NO/c1-3-9-8-6(2)7-4-5-7/h7H,3-5H2,1-2H3/b8-6+. The first-order valence-electron chi connectivity index (χ1n) is 3.51. The third-order valence-corrected chi connectivity index (χ3v) is 1.51. The van der Waals surface area contributed by atoms with Crippen LogP contribution in [-0.4, -0.2) is 12.3 Å². The van der Waals surface area contributed by atoms with Gasteiger partial charge in [-0.15, -0.1) is 0 Å². The quantitative estimate of drug-likeness (QED) is 0.418. The first kappa shape index (κ1) is 6.59. The molecule has 2 nitrogen and oxygen atoms in total. The number of nitrogens with zero attached hydrogens (tertiary/aromatic N) is 1. The molecule has 1 fully saturated rings. The summed E-state index contributed by atoms with van der Waals surface area (Å²) in [6.07, 6.45) is 2.62. The van der Waals surface area contributed by atoms with Crippen LogP contribution in [0.15, 0.2) is 5.16 Å². The lowest BCUT2D eigenvalue weighted by Gasteiger charge is -1.94. The van der Waals surface area contributed by atoms with Gasteiger partial charge in [-0.2, -0.15) is 0 Å². The second-order valence-electron chi connectivity index (χ2n) is 2.42. The SMILES string of the molecule is CCO/N=C(\C)C1CC1. The zero-order valence-electron chi connectivity index (χ0n) is 6.05. The molecular weight excluding hydrogens is 114 g/mol. The Labute approximate surface area is 55.9 Å². The minimum absolute atomic E-state index is 0.685. The average molecular weight is 127 g/mol. The van der Waals surface area contributed by atoms with Gasteiger partial charge in [0.05, 0.1) is 5.71 Å². The van der Waals surface area contributed by atoms with E-state index in [0.717, 1.165) is 11.6 Å². The zero-order chi connectivity index (χ0) is 6.69. The Morgan fingerprint density at radius 2 is 2.33 bits per heavy atom. The molecule has 1 aliphatic carbocycles. The molecule has 1 aliphatic rings. The van der Waals surface area contributed by atoms with Crippen molar-refractivity contribution in [2.24, 2.45) is 11.1 Å². The molecule has 0 bridgehead atoms. The van der Waals surface area contributed by atoms with Crippen molar-refractivity contribution in [2.75, 3.05) is 6.61 Å². The van der Waals surface area contributed by atoms with E-state index in [1.807, 2.05) is 13.8 Å². The summed E-state index contributed by atoms with van der Waals surface area (Å²) in [5, 5.41) is 3.92. The van der Waals surface area contributed by atoms with Crippen LogP contribution >= 0.6 is 0 Å². The number of hydrogen-bond donors (Lipinski definition) is 0. The van der Waals surface area contributed by atoms with Gasteiger partial charge in [-0.05, 0) is 26.7 Å². The van der Waals surface area contributed by atoms with Gasteiger partial charge in [0, 0.05) is 5.92 Å².